The molecule has 0 radical (unpaired) electrons. The molecule has 0 fully saturated rings. The molecule has 3 aromatic carbocycles. The van der Waals surface area contributed by atoms with Crippen molar-refractivity contribution in [1.82, 2.24) is 0 Å². The first-order chi connectivity index (χ1) is 11.4. The molecule has 0 spiro atoms. The molecule has 0 unspecified atom stereocenters. The summed E-state index contributed by atoms with van der Waals surface area (Å²) in [6, 6.07) is 29.2. The van der Waals surface area contributed by atoms with Gasteiger partial charge in [-0.25, -0.2) is 0 Å². The van der Waals surface area contributed by atoms with Gasteiger partial charge in [-0.15, -0.1) is 11.6 Å². The first-order valence-electron chi connectivity index (χ1n) is 8.34. The van der Waals surface area contributed by atoms with Crippen LogP contribution in [-0.2, 0) is 10.3 Å². The molecular weight excluding hydrogens is 312 g/mol. The molecule has 0 aliphatic heterocycles. The molecule has 3 rings (SSSR count). The summed E-state index contributed by atoms with van der Waals surface area (Å²) in [4.78, 5) is -0.702. The van der Waals surface area contributed by atoms with Gasteiger partial charge in [0.15, 0.2) is 0 Å². The van der Waals surface area contributed by atoms with Gasteiger partial charge in [-0.1, -0.05) is 106 Å². The van der Waals surface area contributed by atoms with Crippen LogP contribution in [0.2, 0.25) is 0 Å². The van der Waals surface area contributed by atoms with E-state index in [0.29, 0.717) is 0 Å². The average Bonchev–Trinajstić information content (AvgIpc) is 2.62. The predicted octanol–water partition coefficient (Wildman–Crippen LogP) is 6.51. The van der Waals surface area contributed by atoms with Crippen molar-refractivity contribution in [2.24, 2.45) is 0 Å². The molecule has 0 nitrogen and oxygen atoms in total. The Balaban J connectivity index is 2.33. The topological polar surface area (TPSA) is 0 Å². The van der Waals surface area contributed by atoms with Gasteiger partial charge >= 0.3 is 0 Å². The van der Waals surface area contributed by atoms with Crippen molar-refractivity contribution >= 4 is 11.6 Å². The van der Waals surface area contributed by atoms with Crippen LogP contribution in [-0.4, -0.2) is 0 Å². The van der Waals surface area contributed by atoms with E-state index in [-0.39, 0.29) is 5.41 Å². The summed E-state index contributed by atoms with van der Waals surface area (Å²) < 4.78 is 0. The summed E-state index contributed by atoms with van der Waals surface area (Å²) in [5, 5.41) is 0. The number of rotatable bonds is 3. The highest BCUT2D eigenvalue weighted by molar-refractivity contribution is 6.28. The van der Waals surface area contributed by atoms with Gasteiger partial charge in [0, 0.05) is 0 Å². The Labute approximate surface area is 150 Å². The lowest BCUT2D eigenvalue weighted by Crippen LogP contribution is -2.27. The lowest BCUT2D eigenvalue weighted by molar-refractivity contribution is 0.577. The van der Waals surface area contributed by atoms with E-state index in [1.807, 2.05) is 12.1 Å². The number of halogens is 1. The van der Waals surface area contributed by atoms with Crippen LogP contribution >= 0.6 is 11.6 Å². The second kappa shape index (κ2) is 6.45. The third-order valence-electron chi connectivity index (χ3n) is 4.45. The lowest BCUT2D eigenvalue weighted by atomic mass is 9.75. The summed E-state index contributed by atoms with van der Waals surface area (Å²) in [5.74, 6) is 0. The Morgan fingerprint density at radius 2 is 0.917 bits per heavy atom. The Bertz CT molecular complexity index is 759. The SMILES string of the molecule is CC(C)(C)c1ccccc1C(Cl)(c1ccccc1)c1ccccc1. The zero-order valence-electron chi connectivity index (χ0n) is 14.5. The molecule has 0 N–H and O–H groups in total. The van der Waals surface area contributed by atoms with Crippen LogP contribution in [0.1, 0.15) is 43.0 Å². The normalized spacial score (nSPS) is 12.2. The molecular formula is C23H23Cl. The van der Waals surface area contributed by atoms with Gasteiger partial charge in [0.05, 0.1) is 0 Å². The first kappa shape index (κ1) is 16.8. The van der Waals surface area contributed by atoms with Crippen LogP contribution < -0.4 is 0 Å². The quantitative estimate of drug-likeness (QED) is 0.378. The predicted molar refractivity (Wildman–Crippen MR) is 104 cm³/mol. The van der Waals surface area contributed by atoms with E-state index in [0.717, 1.165) is 16.7 Å². The van der Waals surface area contributed by atoms with E-state index in [1.54, 1.807) is 0 Å². The average molecular weight is 335 g/mol. The second-order valence-corrected chi connectivity index (χ2v) is 7.75. The molecule has 0 amide bonds. The molecule has 1 heteroatoms. The van der Waals surface area contributed by atoms with Gasteiger partial charge in [0.1, 0.15) is 4.87 Å². The molecule has 0 aliphatic rings. The van der Waals surface area contributed by atoms with Gasteiger partial charge in [0.2, 0.25) is 0 Å². The fraction of sp³-hybridized carbons (Fsp3) is 0.217. The van der Waals surface area contributed by atoms with Crippen LogP contribution in [0.5, 0.6) is 0 Å². The van der Waals surface area contributed by atoms with Crippen LogP contribution in [0.15, 0.2) is 84.9 Å². The minimum atomic E-state index is -0.702. The van der Waals surface area contributed by atoms with Gasteiger partial charge in [-0.2, -0.15) is 0 Å². The van der Waals surface area contributed by atoms with E-state index in [4.69, 9.17) is 11.6 Å². The molecule has 0 saturated heterocycles. The van der Waals surface area contributed by atoms with Gasteiger partial charge in [-0.3, -0.25) is 0 Å². The molecule has 0 heterocycles. The molecule has 0 atom stereocenters. The second-order valence-electron chi connectivity index (χ2n) is 7.19. The molecule has 24 heavy (non-hydrogen) atoms. The number of benzene rings is 3. The van der Waals surface area contributed by atoms with Crippen molar-refractivity contribution in [3.05, 3.63) is 107 Å². The summed E-state index contributed by atoms with van der Waals surface area (Å²) in [6.07, 6.45) is 0. The highest BCUT2D eigenvalue weighted by Crippen LogP contribution is 2.46. The third kappa shape index (κ3) is 2.99. The molecule has 0 saturated carbocycles. The lowest BCUT2D eigenvalue weighted by Gasteiger charge is -2.34. The fourth-order valence-corrected chi connectivity index (χ4v) is 3.67. The smallest absolute Gasteiger partial charge is 0.104 e. The summed E-state index contributed by atoms with van der Waals surface area (Å²) >= 11 is 7.43. The molecule has 3 aromatic rings. The van der Waals surface area contributed by atoms with E-state index < -0.39 is 4.87 Å². The van der Waals surface area contributed by atoms with Crippen LogP contribution in [0, 0.1) is 0 Å². The van der Waals surface area contributed by atoms with Gasteiger partial charge < -0.3 is 0 Å². The number of alkyl halides is 1. The fourth-order valence-electron chi connectivity index (χ4n) is 3.25. The van der Waals surface area contributed by atoms with Crippen molar-refractivity contribution in [3.63, 3.8) is 0 Å². The monoisotopic (exact) mass is 334 g/mol. The van der Waals surface area contributed by atoms with Crippen LogP contribution in [0.4, 0.5) is 0 Å². The molecule has 122 valence electrons. The first-order valence-corrected chi connectivity index (χ1v) is 8.72. The van der Waals surface area contributed by atoms with Crippen molar-refractivity contribution < 1.29 is 0 Å². The van der Waals surface area contributed by atoms with E-state index in [9.17, 15) is 0 Å². The molecule has 0 aliphatic carbocycles. The summed E-state index contributed by atoms with van der Waals surface area (Å²) in [7, 11) is 0. The highest BCUT2D eigenvalue weighted by Gasteiger charge is 2.37. The van der Waals surface area contributed by atoms with Crippen molar-refractivity contribution in [2.45, 2.75) is 31.1 Å². The Morgan fingerprint density at radius 3 is 1.33 bits per heavy atom. The zero-order chi connectivity index (χ0) is 17.2. The van der Waals surface area contributed by atoms with E-state index in [2.05, 4.69) is 93.6 Å². The minimum Gasteiger partial charge on any atom is -0.104 e. The largest absolute Gasteiger partial charge is 0.120 e. The maximum absolute atomic E-state index is 7.43. The molecule has 0 aromatic heterocycles. The van der Waals surface area contributed by atoms with E-state index >= 15 is 0 Å². The van der Waals surface area contributed by atoms with Crippen molar-refractivity contribution in [1.29, 1.82) is 0 Å². The molecule has 0 bridgehead atoms. The maximum atomic E-state index is 7.43. The summed E-state index contributed by atoms with van der Waals surface area (Å²) in [5.41, 5.74) is 4.62. The van der Waals surface area contributed by atoms with E-state index in [1.165, 1.54) is 5.56 Å². The van der Waals surface area contributed by atoms with Crippen LogP contribution in [0.3, 0.4) is 0 Å². The Kier molecular flexibility index (Phi) is 4.51. The van der Waals surface area contributed by atoms with Crippen molar-refractivity contribution in [2.75, 3.05) is 0 Å². The number of hydrogen-bond donors (Lipinski definition) is 0. The third-order valence-corrected chi connectivity index (χ3v) is 5.09. The number of hydrogen-bond acceptors (Lipinski definition) is 0. The minimum absolute atomic E-state index is 0.0142. The zero-order valence-corrected chi connectivity index (χ0v) is 15.2. The Hall–Kier alpha value is -2.05. The highest BCUT2D eigenvalue weighted by atomic mass is 35.5. The standard InChI is InChI=1S/C23H23Cl/c1-22(2,3)20-16-10-11-17-21(20)23(24,18-12-6-4-7-13-18)19-14-8-5-9-15-19/h4-17H,1-3H3. The Morgan fingerprint density at radius 1 is 0.542 bits per heavy atom. The van der Waals surface area contributed by atoms with Gasteiger partial charge in [-0.05, 0) is 27.7 Å². The maximum Gasteiger partial charge on any atom is 0.120 e. The van der Waals surface area contributed by atoms with Crippen LogP contribution in [0.25, 0.3) is 0 Å². The summed E-state index contributed by atoms with van der Waals surface area (Å²) in [6.45, 7) is 6.71. The van der Waals surface area contributed by atoms with Crippen molar-refractivity contribution in [3.8, 4) is 0 Å². The van der Waals surface area contributed by atoms with Gasteiger partial charge in [0.25, 0.3) is 0 Å².